The number of carbonyl (C=O) groups is 1. The van der Waals surface area contributed by atoms with E-state index in [-0.39, 0.29) is 12.1 Å². The summed E-state index contributed by atoms with van der Waals surface area (Å²) < 4.78 is 22.4. The van der Waals surface area contributed by atoms with E-state index < -0.39 is 0 Å². The summed E-state index contributed by atoms with van der Waals surface area (Å²) in [5.74, 6) is 0.991. The summed E-state index contributed by atoms with van der Waals surface area (Å²) in [5, 5.41) is 0. The monoisotopic (exact) mass is 324 g/mol. The van der Waals surface area contributed by atoms with Gasteiger partial charge in [-0.2, -0.15) is 0 Å². The van der Waals surface area contributed by atoms with E-state index in [2.05, 4.69) is 14.1 Å². The molecule has 2 rings (SSSR count). The second kappa shape index (κ2) is 7.08. The average molecular weight is 324 g/mol. The Bertz CT molecular complexity index is 535. The molecular weight excluding hydrogens is 298 g/mol. The number of hydrogen-bond acceptors (Lipinski definition) is 5. The minimum atomic E-state index is -0.360. The third-order valence-corrected chi connectivity index (χ3v) is 4.29. The summed E-state index contributed by atoms with van der Waals surface area (Å²) in [7, 11) is 8.95. The van der Waals surface area contributed by atoms with Crippen molar-refractivity contribution < 1.29 is 28.2 Å². The van der Waals surface area contributed by atoms with Gasteiger partial charge in [-0.15, -0.1) is 0 Å². The number of ether oxygens (including phenoxy) is 4. The predicted molar refractivity (Wildman–Crippen MR) is 86.4 cm³/mol. The third-order valence-electron chi connectivity index (χ3n) is 4.29. The number of rotatable bonds is 5. The molecule has 6 nitrogen and oxygen atoms in total. The highest BCUT2D eigenvalue weighted by Gasteiger charge is 2.29. The molecule has 0 saturated carbocycles. The van der Waals surface area contributed by atoms with Crippen LogP contribution in [0.4, 0.5) is 0 Å². The van der Waals surface area contributed by atoms with Gasteiger partial charge in [-0.1, -0.05) is 0 Å². The Morgan fingerprint density at radius 2 is 1.52 bits per heavy atom. The second-order valence-corrected chi connectivity index (χ2v) is 6.40. The fraction of sp³-hybridized carbons (Fsp3) is 0.588. The van der Waals surface area contributed by atoms with Crippen LogP contribution in [0.3, 0.4) is 0 Å². The van der Waals surface area contributed by atoms with Gasteiger partial charge in [0.25, 0.3) is 0 Å². The SMILES string of the molecule is COc1cc(C(=O)OC2CC[N+](C)(C)CC2)cc(OC)c1OC. The third kappa shape index (κ3) is 4.07. The maximum Gasteiger partial charge on any atom is 0.338 e. The van der Waals surface area contributed by atoms with Gasteiger partial charge < -0.3 is 23.4 Å². The van der Waals surface area contributed by atoms with Gasteiger partial charge in [-0.3, -0.25) is 0 Å². The van der Waals surface area contributed by atoms with Crippen LogP contribution in [0, 0.1) is 0 Å². The largest absolute Gasteiger partial charge is 0.493 e. The Balaban J connectivity index is 2.13. The first kappa shape index (κ1) is 17.4. The van der Waals surface area contributed by atoms with Crippen molar-refractivity contribution in [2.24, 2.45) is 0 Å². The van der Waals surface area contributed by atoms with Crippen LogP contribution in [0.1, 0.15) is 23.2 Å². The van der Waals surface area contributed by atoms with Crippen molar-refractivity contribution in [3.63, 3.8) is 0 Å². The van der Waals surface area contributed by atoms with Crippen LogP contribution < -0.4 is 14.2 Å². The lowest BCUT2D eigenvalue weighted by Crippen LogP contribution is -2.48. The lowest BCUT2D eigenvalue weighted by atomic mass is 10.1. The van der Waals surface area contributed by atoms with Crippen LogP contribution in [-0.4, -0.2) is 65.1 Å². The van der Waals surface area contributed by atoms with Crippen molar-refractivity contribution in [1.82, 2.24) is 0 Å². The van der Waals surface area contributed by atoms with Crippen molar-refractivity contribution >= 4 is 5.97 Å². The number of methoxy groups -OCH3 is 3. The first-order valence-electron chi connectivity index (χ1n) is 7.73. The molecule has 1 heterocycles. The van der Waals surface area contributed by atoms with Gasteiger partial charge in [-0.25, -0.2) is 4.79 Å². The summed E-state index contributed by atoms with van der Waals surface area (Å²) in [6, 6.07) is 3.24. The van der Waals surface area contributed by atoms with Gasteiger partial charge in [0, 0.05) is 12.8 Å². The molecule has 0 spiro atoms. The first-order valence-corrected chi connectivity index (χ1v) is 7.73. The van der Waals surface area contributed by atoms with Crippen LogP contribution in [0.5, 0.6) is 17.2 Å². The highest BCUT2D eigenvalue weighted by Crippen LogP contribution is 2.38. The summed E-state index contributed by atoms with van der Waals surface area (Å²) in [6.07, 6.45) is 1.72. The fourth-order valence-corrected chi connectivity index (χ4v) is 2.78. The first-order chi connectivity index (χ1) is 10.9. The number of quaternary nitrogens is 1. The Labute approximate surface area is 137 Å². The zero-order chi connectivity index (χ0) is 17.0. The molecule has 1 fully saturated rings. The lowest BCUT2D eigenvalue weighted by Gasteiger charge is -2.36. The van der Waals surface area contributed by atoms with E-state index >= 15 is 0 Å². The minimum Gasteiger partial charge on any atom is -0.493 e. The van der Waals surface area contributed by atoms with Crippen LogP contribution >= 0.6 is 0 Å². The quantitative estimate of drug-likeness (QED) is 0.613. The highest BCUT2D eigenvalue weighted by atomic mass is 16.5. The van der Waals surface area contributed by atoms with E-state index in [0.717, 1.165) is 30.4 Å². The minimum absolute atomic E-state index is 0.0345. The molecule has 1 aliphatic heterocycles. The van der Waals surface area contributed by atoms with E-state index in [1.165, 1.54) is 21.3 Å². The van der Waals surface area contributed by atoms with E-state index in [0.29, 0.717) is 22.8 Å². The van der Waals surface area contributed by atoms with Gasteiger partial charge >= 0.3 is 5.97 Å². The Morgan fingerprint density at radius 1 is 1.00 bits per heavy atom. The van der Waals surface area contributed by atoms with Crippen molar-refractivity contribution in [3.8, 4) is 17.2 Å². The van der Waals surface area contributed by atoms with E-state index in [9.17, 15) is 4.79 Å². The molecule has 128 valence electrons. The summed E-state index contributed by atoms with van der Waals surface area (Å²) in [6.45, 7) is 2.01. The Morgan fingerprint density at radius 3 is 1.96 bits per heavy atom. The predicted octanol–water partition coefficient (Wildman–Crippen LogP) is 2.11. The standard InChI is InChI=1S/C17H26NO5/c1-18(2)8-6-13(7-9-18)23-17(19)12-10-14(20-3)16(22-5)15(11-12)21-4/h10-11,13H,6-9H2,1-5H3/q+1. The summed E-state index contributed by atoms with van der Waals surface area (Å²) in [4.78, 5) is 12.4. The Hall–Kier alpha value is -1.95. The molecule has 0 bridgehead atoms. The van der Waals surface area contributed by atoms with Crippen LogP contribution in [0.25, 0.3) is 0 Å². The number of piperidine rings is 1. The smallest absolute Gasteiger partial charge is 0.338 e. The fourth-order valence-electron chi connectivity index (χ4n) is 2.78. The van der Waals surface area contributed by atoms with E-state index in [1.54, 1.807) is 12.1 Å². The number of carbonyl (C=O) groups excluding carboxylic acids is 1. The summed E-state index contributed by atoms with van der Waals surface area (Å²) >= 11 is 0. The van der Waals surface area contributed by atoms with Crippen LogP contribution in [0.2, 0.25) is 0 Å². The molecule has 6 heteroatoms. The molecule has 1 saturated heterocycles. The molecular formula is C17H26NO5+. The molecule has 1 aromatic carbocycles. The molecule has 23 heavy (non-hydrogen) atoms. The lowest BCUT2D eigenvalue weighted by molar-refractivity contribution is -0.896. The summed E-state index contributed by atoms with van der Waals surface area (Å²) in [5.41, 5.74) is 0.402. The molecule has 0 atom stereocenters. The molecule has 0 aromatic heterocycles. The topological polar surface area (TPSA) is 54.0 Å². The molecule has 1 aromatic rings. The normalized spacial score (nSPS) is 17.4. The van der Waals surface area contributed by atoms with Crippen molar-refractivity contribution in [3.05, 3.63) is 17.7 Å². The zero-order valence-electron chi connectivity index (χ0n) is 14.5. The molecule has 0 unspecified atom stereocenters. The van der Waals surface area contributed by atoms with E-state index in [1.807, 2.05) is 0 Å². The van der Waals surface area contributed by atoms with Crippen molar-refractivity contribution in [1.29, 1.82) is 0 Å². The van der Waals surface area contributed by atoms with Gasteiger partial charge in [-0.05, 0) is 12.1 Å². The number of nitrogens with zero attached hydrogens (tertiary/aromatic N) is 1. The highest BCUT2D eigenvalue weighted by molar-refractivity contribution is 5.91. The average Bonchev–Trinajstić information content (AvgIpc) is 2.55. The number of hydrogen-bond donors (Lipinski definition) is 0. The molecule has 1 aliphatic rings. The Kier molecular flexibility index (Phi) is 5.36. The van der Waals surface area contributed by atoms with Crippen LogP contribution in [0.15, 0.2) is 12.1 Å². The van der Waals surface area contributed by atoms with Gasteiger partial charge in [0.2, 0.25) is 5.75 Å². The number of benzene rings is 1. The molecule has 0 amide bonds. The number of esters is 1. The van der Waals surface area contributed by atoms with Crippen LogP contribution in [-0.2, 0) is 4.74 Å². The zero-order valence-corrected chi connectivity index (χ0v) is 14.5. The number of likely N-dealkylation sites (tertiary alicyclic amines) is 1. The maximum absolute atomic E-state index is 12.4. The van der Waals surface area contributed by atoms with Crippen molar-refractivity contribution in [2.45, 2.75) is 18.9 Å². The van der Waals surface area contributed by atoms with Gasteiger partial charge in [0.15, 0.2) is 11.5 Å². The molecule has 0 N–H and O–H groups in total. The van der Waals surface area contributed by atoms with E-state index in [4.69, 9.17) is 18.9 Å². The maximum atomic E-state index is 12.4. The molecule has 0 radical (unpaired) electrons. The second-order valence-electron chi connectivity index (χ2n) is 6.40. The van der Waals surface area contributed by atoms with Gasteiger partial charge in [0.1, 0.15) is 6.10 Å². The van der Waals surface area contributed by atoms with Crippen molar-refractivity contribution in [2.75, 3.05) is 48.5 Å². The van der Waals surface area contributed by atoms with Gasteiger partial charge in [0.05, 0.1) is 54.1 Å². The molecule has 0 aliphatic carbocycles.